The molecule has 0 unspecified atom stereocenters. The second-order valence-corrected chi connectivity index (χ2v) is 5.83. The lowest BCUT2D eigenvalue weighted by Crippen LogP contribution is -2.34. The first kappa shape index (κ1) is 15.1. The van der Waals surface area contributed by atoms with Gasteiger partial charge in [-0.3, -0.25) is 0 Å². The Morgan fingerprint density at radius 3 is 2.39 bits per heavy atom. The molecule has 0 aliphatic rings. The lowest BCUT2D eigenvalue weighted by atomic mass is 10.2. The average molecular weight is 271 g/mol. The highest BCUT2D eigenvalue weighted by molar-refractivity contribution is 7.89. The van der Waals surface area contributed by atoms with Crippen molar-refractivity contribution in [1.29, 1.82) is 0 Å². The Hall–Kier alpha value is -0.980. The standard InChI is InChI=1S/C12H21N3O2S/c1-4-11(5-2)15-18(16,17)12-7-6-10(8-13-3)9-14-12/h6-7,9,11,13,15H,4-5,8H2,1-3H3. The van der Waals surface area contributed by atoms with Crippen LogP contribution in [0.3, 0.4) is 0 Å². The zero-order chi connectivity index (χ0) is 13.6. The Morgan fingerprint density at radius 2 is 1.94 bits per heavy atom. The Balaban J connectivity index is 2.84. The minimum absolute atomic E-state index is 0.0335. The van der Waals surface area contributed by atoms with E-state index in [4.69, 9.17) is 0 Å². The summed E-state index contributed by atoms with van der Waals surface area (Å²) in [6.07, 6.45) is 3.12. The van der Waals surface area contributed by atoms with Crippen LogP contribution in [0.5, 0.6) is 0 Å². The fourth-order valence-electron chi connectivity index (χ4n) is 1.61. The van der Waals surface area contributed by atoms with Crippen molar-refractivity contribution >= 4 is 10.0 Å². The third-order valence-corrected chi connectivity index (χ3v) is 4.20. The molecule has 0 bridgehead atoms. The molecule has 0 fully saturated rings. The molecular weight excluding hydrogens is 250 g/mol. The first-order chi connectivity index (χ1) is 8.53. The molecule has 1 heterocycles. The van der Waals surface area contributed by atoms with Gasteiger partial charge < -0.3 is 5.32 Å². The second-order valence-electron chi connectivity index (χ2n) is 4.17. The summed E-state index contributed by atoms with van der Waals surface area (Å²) in [7, 11) is -1.66. The maximum atomic E-state index is 12.0. The molecule has 0 saturated carbocycles. The van der Waals surface area contributed by atoms with Crippen molar-refractivity contribution in [3.8, 4) is 0 Å². The van der Waals surface area contributed by atoms with Crippen LogP contribution in [-0.4, -0.2) is 26.5 Å². The minimum atomic E-state index is -3.50. The summed E-state index contributed by atoms with van der Waals surface area (Å²) in [5.74, 6) is 0. The van der Waals surface area contributed by atoms with Crippen molar-refractivity contribution in [2.45, 2.75) is 44.3 Å². The highest BCUT2D eigenvalue weighted by atomic mass is 32.2. The first-order valence-electron chi connectivity index (χ1n) is 6.15. The lowest BCUT2D eigenvalue weighted by Gasteiger charge is -2.14. The topological polar surface area (TPSA) is 71.1 Å². The van der Waals surface area contributed by atoms with Crippen LogP contribution in [-0.2, 0) is 16.6 Å². The zero-order valence-electron chi connectivity index (χ0n) is 11.1. The number of hydrogen-bond acceptors (Lipinski definition) is 4. The normalized spacial score (nSPS) is 12.0. The van der Waals surface area contributed by atoms with Gasteiger partial charge in [0, 0.05) is 18.8 Å². The van der Waals surface area contributed by atoms with E-state index in [1.807, 2.05) is 20.9 Å². The number of pyridine rings is 1. The highest BCUT2D eigenvalue weighted by Crippen LogP contribution is 2.09. The predicted molar refractivity (Wildman–Crippen MR) is 71.7 cm³/mol. The van der Waals surface area contributed by atoms with Gasteiger partial charge in [0.1, 0.15) is 0 Å². The number of sulfonamides is 1. The Labute approximate surface area is 109 Å². The van der Waals surface area contributed by atoms with E-state index in [1.165, 1.54) is 6.07 Å². The van der Waals surface area contributed by atoms with Gasteiger partial charge in [0.2, 0.25) is 0 Å². The minimum Gasteiger partial charge on any atom is -0.316 e. The van der Waals surface area contributed by atoms with E-state index < -0.39 is 10.0 Å². The maximum Gasteiger partial charge on any atom is 0.258 e. The van der Waals surface area contributed by atoms with E-state index in [0.29, 0.717) is 6.54 Å². The average Bonchev–Trinajstić information content (AvgIpc) is 2.37. The Morgan fingerprint density at radius 1 is 1.28 bits per heavy atom. The summed E-state index contributed by atoms with van der Waals surface area (Å²) in [5.41, 5.74) is 0.957. The molecule has 0 saturated heterocycles. The van der Waals surface area contributed by atoms with Gasteiger partial charge in [0.25, 0.3) is 10.0 Å². The molecule has 0 atom stereocenters. The quantitative estimate of drug-likeness (QED) is 0.783. The molecule has 1 aromatic heterocycles. The molecule has 2 N–H and O–H groups in total. The van der Waals surface area contributed by atoms with Crippen LogP contribution in [0.1, 0.15) is 32.3 Å². The van der Waals surface area contributed by atoms with E-state index >= 15 is 0 Å². The van der Waals surface area contributed by atoms with Gasteiger partial charge in [-0.1, -0.05) is 19.9 Å². The molecule has 0 aliphatic heterocycles. The molecule has 1 rings (SSSR count). The SMILES string of the molecule is CCC(CC)NS(=O)(=O)c1ccc(CNC)cn1. The summed E-state index contributed by atoms with van der Waals surface area (Å²) in [6.45, 7) is 4.59. The fraction of sp³-hybridized carbons (Fsp3) is 0.583. The van der Waals surface area contributed by atoms with Crippen molar-refractivity contribution < 1.29 is 8.42 Å². The summed E-state index contributed by atoms with van der Waals surface area (Å²) in [6, 6.07) is 3.27. The third kappa shape index (κ3) is 4.04. The molecule has 1 aromatic rings. The van der Waals surface area contributed by atoms with Crippen LogP contribution >= 0.6 is 0 Å². The molecule has 18 heavy (non-hydrogen) atoms. The molecule has 0 aliphatic carbocycles. The van der Waals surface area contributed by atoms with E-state index in [9.17, 15) is 8.42 Å². The Kier molecular flexibility index (Phi) is 5.71. The molecule has 5 nitrogen and oxygen atoms in total. The zero-order valence-corrected chi connectivity index (χ0v) is 11.9. The lowest BCUT2D eigenvalue weighted by molar-refractivity contribution is 0.527. The van der Waals surface area contributed by atoms with Gasteiger partial charge in [0.05, 0.1) is 0 Å². The van der Waals surface area contributed by atoms with E-state index in [0.717, 1.165) is 18.4 Å². The summed E-state index contributed by atoms with van der Waals surface area (Å²) >= 11 is 0. The van der Waals surface area contributed by atoms with Gasteiger partial charge >= 0.3 is 0 Å². The summed E-state index contributed by atoms with van der Waals surface area (Å²) < 4.78 is 26.7. The highest BCUT2D eigenvalue weighted by Gasteiger charge is 2.18. The fourth-order valence-corrected chi connectivity index (χ4v) is 2.95. The van der Waals surface area contributed by atoms with Crippen molar-refractivity contribution in [3.63, 3.8) is 0 Å². The number of rotatable bonds is 7. The molecule has 0 amide bonds. The van der Waals surface area contributed by atoms with Crippen LogP contribution in [0.15, 0.2) is 23.4 Å². The van der Waals surface area contributed by atoms with Crippen LogP contribution in [0.25, 0.3) is 0 Å². The molecule has 102 valence electrons. The van der Waals surface area contributed by atoms with Gasteiger partial charge in [-0.15, -0.1) is 0 Å². The number of nitrogens with one attached hydrogen (secondary N) is 2. The van der Waals surface area contributed by atoms with E-state index in [-0.39, 0.29) is 11.1 Å². The monoisotopic (exact) mass is 271 g/mol. The second kappa shape index (κ2) is 6.82. The van der Waals surface area contributed by atoms with Gasteiger partial charge in [-0.2, -0.15) is 0 Å². The predicted octanol–water partition coefficient (Wildman–Crippen LogP) is 1.27. The number of hydrogen-bond donors (Lipinski definition) is 2. The smallest absolute Gasteiger partial charge is 0.258 e. The van der Waals surface area contributed by atoms with Gasteiger partial charge in [-0.25, -0.2) is 18.1 Å². The number of aromatic nitrogens is 1. The van der Waals surface area contributed by atoms with Crippen LogP contribution in [0.4, 0.5) is 0 Å². The first-order valence-corrected chi connectivity index (χ1v) is 7.63. The molecule has 6 heteroatoms. The third-order valence-electron chi connectivity index (χ3n) is 2.76. The summed E-state index contributed by atoms with van der Waals surface area (Å²) in [5, 5.41) is 3.07. The maximum absolute atomic E-state index is 12.0. The van der Waals surface area contributed by atoms with E-state index in [1.54, 1.807) is 12.3 Å². The molecular formula is C12H21N3O2S. The van der Waals surface area contributed by atoms with Crippen LogP contribution in [0.2, 0.25) is 0 Å². The molecule has 0 radical (unpaired) electrons. The number of nitrogens with zero attached hydrogens (tertiary/aromatic N) is 1. The van der Waals surface area contributed by atoms with Gasteiger partial charge in [-0.05, 0) is 31.5 Å². The van der Waals surface area contributed by atoms with Gasteiger partial charge in [0.15, 0.2) is 5.03 Å². The van der Waals surface area contributed by atoms with E-state index in [2.05, 4.69) is 15.0 Å². The van der Waals surface area contributed by atoms with Crippen molar-refractivity contribution in [3.05, 3.63) is 23.9 Å². The van der Waals surface area contributed by atoms with Crippen molar-refractivity contribution in [2.75, 3.05) is 7.05 Å². The largest absolute Gasteiger partial charge is 0.316 e. The molecule has 0 aromatic carbocycles. The van der Waals surface area contributed by atoms with Crippen molar-refractivity contribution in [1.82, 2.24) is 15.0 Å². The van der Waals surface area contributed by atoms with Crippen LogP contribution < -0.4 is 10.0 Å². The molecule has 0 spiro atoms. The Bertz CT molecular complexity index is 453. The summed E-state index contributed by atoms with van der Waals surface area (Å²) in [4.78, 5) is 4.00. The van der Waals surface area contributed by atoms with Crippen LogP contribution in [0, 0.1) is 0 Å². The van der Waals surface area contributed by atoms with Crippen molar-refractivity contribution in [2.24, 2.45) is 0 Å².